The van der Waals surface area contributed by atoms with Crippen LogP contribution in [-0.4, -0.2) is 44.0 Å². The number of methoxy groups -OCH3 is 1. The van der Waals surface area contributed by atoms with Crippen molar-refractivity contribution in [2.75, 3.05) is 30.4 Å². The number of carbonyl (C=O) groups is 1. The van der Waals surface area contributed by atoms with Crippen molar-refractivity contribution < 1.29 is 14.3 Å². The van der Waals surface area contributed by atoms with Crippen LogP contribution in [0.1, 0.15) is 23.2 Å². The number of aromatic nitrogens is 2. The van der Waals surface area contributed by atoms with Crippen LogP contribution < -0.4 is 20.4 Å². The van der Waals surface area contributed by atoms with Crippen LogP contribution in [0.4, 0.5) is 17.3 Å². The highest BCUT2D eigenvalue weighted by Gasteiger charge is 2.15. The summed E-state index contributed by atoms with van der Waals surface area (Å²) in [7, 11) is 7.29. The third kappa shape index (κ3) is 4.37. The van der Waals surface area contributed by atoms with Gasteiger partial charge in [0.2, 0.25) is 11.8 Å². The minimum absolute atomic E-state index is 0.150. The highest BCUT2D eigenvalue weighted by molar-refractivity contribution is 6.33. The van der Waals surface area contributed by atoms with Crippen molar-refractivity contribution in [3.63, 3.8) is 0 Å². The highest BCUT2D eigenvalue weighted by Crippen LogP contribution is 2.26. The largest absolute Gasteiger partial charge is 0.465 e. The molecule has 2 heterocycles. The van der Waals surface area contributed by atoms with E-state index in [1.54, 1.807) is 24.3 Å². The van der Waals surface area contributed by atoms with Crippen molar-refractivity contribution in [3.8, 4) is 11.6 Å². The maximum Gasteiger partial charge on any atom is 0.341 e. The molecule has 1 saturated heterocycles. The molecule has 1 N–H and O–H groups in total. The fourth-order valence-corrected chi connectivity index (χ4v) is 3.32. The van der Waals surface area contributed by atoms with Crippen LogP contribution in [0.15, 0.2) is 54.7 Å². The Hall–Kier alpha value is -3.55. The molecule has 0 saturated carbocycles. The number of hydrogen-bond donors (Lipinski definition) is 1. The van der Waals surface area contributed by atoms with Crippen molar-refractivity contribution in [2.24, 2.45) is 0 Å². The number of para-hydroxylation sites is 1. The molecule has 150 valence electrons. The van der Waals surface area contributed by atoms with Gasteiger partial charge in [-0.3, -0.25) is 0 Å². The summed E-state index contributed by atoms with van der Waals surface area (Å²) in [6, 6.07) is 14.9. The molecule has 0 aliphatic carbocycles. The lowest BCUT2D eigenvalue weighted by Crippen LogP contribution is -2.17. The van der Waals surface area contributed by atoms with E-state index in [2.05, 4.69) is 32.3 Å². The summed E-state index contributed by atoms with van der Waals surface area (Å²) in [5.41, 5.74) is 2.60. The number of nitrogens with one attached hydrogen (secondary N) is 1. The van der Waals surface area contributed by atoms with Crippen molar-refractivity contribution >= 4 is 36.6 Å². The number of nitrogens with zero attached hydrogens (tertiary/aromatic N) is 3. The summed E-state index contributed by atoms with van der Waals surface area (Å²) in [5, 5.41) is 3.16. The van der Waals surface area contributed by atoms with Gasteiger partial charge in [0.15, 0.2) is 0 Å². The Labute approximate surface area is 176 Å². The van der Waals surface area contributed by atoms with E-state index >= 15 is 0 Å². The molecule has 0 unspecified atom stereocenters. The predicted octanol–water partition coefficient (Wildman–Crippen LogP) is 3.19. The van der Waals surface area contributed by atoms with E-state index in [9.17, 15) is 4.79 Å². The van der Waals surface area contributed by atoms with Gasteiger partial charge in [0.05, 0.1) is 7.11 Å². The van der Waals surface area contributed by atoms with Gasteiger partial charge in [0.1, 0.15) is 19.2 Å². The Morgan fingerprint density at radius 1 is 1.10 bits per heavy atom. The molecule has 2 radical (unpaired) electrons. The Morgan fingerprint density at radius 3 is 2.57 bits per heavy atom. The van der Waals surface area contributed by atoms with Gasteiger partial charge in [0, 0.05) is 30.7 Å². The molecule has 0 amide bonds. The normalized spacial score (nSPS) is 13.2. The SMILES string of the molecule is [B]c1cnc(Nc2ccc(N3CCCC3)cc2)nc1Oc1ccccc1C(=O)OC. The smallest absolute Gasteiger partial charge is 0.341 e. The second-order valence-corrected chi connectivity index (χ2v) is 6.91. The number of rotatable bonds is 6. The van der Waals surface area contributed by atoms with Gasteiger partial charge >= 0.3 is 5.97 Å². The third-order valence-corrected chi connectivity index (χ3v) is 4.87. The number of esters is 1. The summed E-state index contributed by atoms with van der Waals surface area (Å²) in [4.78, 5) is 22.9. The Morgan fingerprint density at radius 2 is 1.83 bits per heavy atom. The maximum atomic E-state index is 12.0. The van der Waals surface area contributed by atoms with Crippen molar-refractivity contribution in [1.29, 1.82) is 0 Å². The first-order chi connectivity index (χ1) is 14.6. The average molecular weight is 400 g/mol. The third-order valence-electron chi connectivity index (χ3n) is 4.87. The quantitative estimate of drug-likeness (QED) is 0.503. The van der Waals surface area contributed by atoms with Gasteiger partial charge in [-0.25, -0.2) is 9.78 Å². The minimum Gasteiger partial charge on any atom is -0.465 e. The van der Waals surface area contributed by atoms with E-state index in [-0.39, 0.29) is 16.9 Å². The zero-order valence-electron chi connectivity index (χ0n) is 16.7. The lowest BCUT2D eigenvalue weighted by Gasteiger charge is -2.18. The summed E-state index contributed by atoms with van der Waals surface area (Å²) in [6.07, 6.45) is 3.94. The second-order valence-electron chi connectivity index (χ2n) is 6.91. The van der Waals surface area contributed by atoms with Gasteiger partial charge in [-0.05, 0) is 54.7 Å². The Kier molecular flexibility index (Phi) is 5.83. The molecule has 1 fully saturated rings. The second kappa shape index (κ2) is 8.86. The molecule has 0 bridgehead atoms. The van der Waals surface area contributed by atoms with Gasteiger partial charge in [-0.1, -0.05) is 12.1 Å². The van der Waals surface area contributed by atoms with E-state index in [4.69, 9.17) is 17.3 Å². The molecular weight excluding hydrogens is 379 g/mol. The molecule has 1 aliphatic heterocycles. The van der Waals surface area contributed by atoms with Crippen LogP contribution in [-0.2, 0) is 4.74 Å². The number of benzene rings is 2. The van der Waals surface area contributed by atoms with Gasteiger partial charge in [0.25, 0.3) is 0 Å². The summed E-state index contributed by atoms with van der Waals surface area (Å²) >= 11 is 0. The summed E-state index contributed by atoms with van der Waals surface area (Å²) in [5.74, 6) is 0.284. The Balaban J connectivity index is 1.52. The first-order valence-corrected chi connectivity index (χ1v) is 9.74. The Bertz CT molecular complexity index is 1040. The molecular formula is C22H21BN4O3. The van der Waals surface area contributed by atoms with Crippen molar-refractivity contribution in [2.45, 2.75) is 12.8 Å². The van der Waals surface area contributed by atoms with Gasteiger partial charge in [-0.2, -0.15) is 4.98 Å². The molecule has 8 heteroatoms. The van der Waals surface area contributed by atoms with Crippen LogP contribution in [0.25, 0.3) is 0 Å². The molecule has 1 aliphatic rings. The van der Waals surface area contributed by atoms with E-state index in [1.807, 2.05) is 12.1 Å². The molecule has 1 aromatic heterocycles. The maximum absolute atomic E-state index is 12.0. The lowest BCUT2D eigenvalue weighted by atomic mass is 10.00. The van der Waals surface area contributed by atoms with Crippen LogP contribution in [0.2, 0.25) is 0 Å². The van der Waals surface area contributed by atoms with E-state index in [0.717, 1.165) is 18.8 Å². The lowest BCUT2D eigenvalue weighted by molar-refractivity contribution is 0.0598. The molecule has 2 aromatic carbocycles. The van der Waals surface area contributed by atoms with Crippen molar-refractivity contribution in [1.82, 2.24) is 9.97 Å². The summed E-state index contributed by atoms with van der Waals surface area (Å²) in [6.45, 7) is 2.20. The standard InChI is InChI=1S/C22H21BN4O3/c1-29-21(28)17-6-2-3-7-19(17)30-20-18(23)14-24-22(26-20)25-15-8-10-16(11-9-15)27-12-4-5-13-27/h2-3,6-11,14H,4-5,12-13H2,1H3,(H,24,25,26). The number of anilines is 3. The topological polar surface area (TPSA) is 76.6 Å². The minimum atomic E-state index is -0.505. The first kappa shape index (κ1) is 19.8. The van der Waals surface area contributed by atoms with Crippen LogP contribution in [0.5, 0.6) is 11.6 Å². The number of carbonyl (C=O) groups excluding carboxylic acids is 1. The van der Waals surface area contributed by atoms with Crippen LogP contribution in [0, 0.1) is 0 Å². The number of hydrogen-bond acceptors (Lipinski definition) is 7. The predicted molar refractivity (Wildman–Crippen MR) is 116 cm³/mol. The molecule has 3 aromatic rings. The van der Waals surface area contributed by atoms with E-state index < -0.39 is 5.97 Å². The van der Waals surface area contributed by atoms with Crippen LogP contribution in [0.3, 0.4) is 0 Å². The number of ether oxygens (including phenoxy) is 2. The summed E-state index contributed by atoms with van der Waals surface area (Å²) < 4.78 is 10.6. The van der Waals surface area contributed by atoms with Gasteiger partial charge in [-0.15, -0.1) is 0 Å². The highest BCUT2D eigenvalue weighted by atomic mass is 16.5. The van der Waals surface area contributed by atoms with Gasteiger partial charge < -0.3 is 19.7 Å². The fraction of sp³-hybridized carbons (Fsp3) is 0.227. The molecule has 4 rings (SSSR count). The average Bonchev–Trinajstić information content (AvgIpc) is 3.31. The first-order valence-electron chi connectivity index (χ1n) is 9.74. The zero-order chi connectivity index (χ0) is 20.9. The fourth-order valence-electron chi connectivity index (χ4n) is 3.32. The van der Waals surface area contributed by atoms with E-state index in [0.29, 0.717) is 11.7 Å². The molecule has 30 heavy (non-hydrogen) atoms. The zero-order valence-corrected chi connectivity index (χ0v) is 16.7. The monoisotopic (exact) mass is 400 g/mol. The molecule has 7 nitrogen and oxygen atoms in total. The molecule has 0 spiro atoms. The van der Waals surface area contributed by atoms with E-state index in [1.165, 1.54) is 31.8 Å². The molecule has 0 atom stereocenters. The van der Waals surface area contributed by atoms with Crippen LogP contribution >= 0.6 is 0 Å². The van der Waals surface area contributed by atoms with Crippen molar-refractivity contribution in [3.05, 3.63) is 60.3 Å².